The van der Waals surface area contributed by atoms with Crippen molar-refractivity contribution in [1.29, 1.82) is 0 Å². The van der Waals surface area contributed by atoms with Crippen molar-refractivity contribution >= 4 is 17.7 Å². The molecule has 3 atom stereocenters. The van der Waals surface area contributed by atoms with Crippen LogP contribution in [0.2, 0.25) is 0 Å². The standard InChI is InChI=1S/C17H19NO2S/c1-2-20-16(19)15-17(18,12-8-4-3-5-9-12)13-10-6-7-11-14(13)21-15/h3-9,11,13,15H,2,10,18H2,1H3/t13-,15-,17+/m1/s1. The summed E-state index contributed by atoms with van der Waals surface area (Å²) >= 11 is 1.55. The number of ether oxygens (including phenoxy) is 1. The lowest BCUT2D eigenvalue weighted by Gasteiger charge is -2.35. The fourth-order valence-corrected chi connectivity index (χ4v) is 4.66. The van der Waals surface area contributed by atoms with Crippen LogP contribution in [0.5, 0.6) is 0 Å². The van der Waals surface area contributed by atoms with Gasteiger partial charge in [0.05, 0.1) is 12.1 Å². The number of benzene rings is 1. The average molecular weight is 301 g/mol. The van der Waals surface area contributed by atoms with Gasteiger partial charge in [0, 0.05) is 5.92 Å². The highest BCUT2D eigenvalue weighted by Crippen LogP contribution is 2.55. The van der Waals surface area contributed by atoms with Gasteiger partial charge in [-0.15, -0.1) is 11.8 Å². The van der Waals surface area contributed by atoms with E-state index >= 15 is 0 Å². The number of rotatable bonds is 3. The van der Waals surface area contributed by atoms with Crippen LogP contribution < -0.4 is 5.73 Å². The van der Waals surface area contributed by atoms with E-state index in [0.29, 0.717) is 6.61 Å². The van der Waals surface area contributed by atoms with Crippen LogP contribution in [-0.4, -0.2) is 17.8 Å². The molecule has 3 rings (SSSR count). The molecule has 1 aliphatic carbocycles. The van der Waals surface area contributed by atoms with E-state index in [-0.39, 0.29) is 11.9 Å². The molecule has 0 saturated carbocycles. The monoisotopic (exact) mass is 301 g/mol. The van der Waals surface area contributed by atoms with Crippen LogP contribution >= 0.6 is 11.8 Å². The molecular formula is C17H19NO2S. The van der Waals surface area contributed by atoms with Crippen LogP contribution in [0.25, 0.3) is 0 Å². The molecule has 4 heteroatoms. The summed E-state index contributed by atoms with van der Waals surface area (Å²) in [6.07, 6.45) is 7.09. The van der Waals surface area contributed by atoms with Gasteiger partial charge in [0.1, 0.15) is 5.25 Å². The van der Waals surface area contributed by atoms with Gasteiger partial charge in [-0.05, 0) is 23.8 Å². The summed E-state index contributed by atoms with van der Waals surface area (Å²) < 4.78 is 5.26. The van der Waals surface area contributed by atoms with E-state index in [2.05, 4.69) is 12.2 Å². The number of allylic oxidation sites excluding steroid dienone is 3. The molecule has 1 aromatic rings. The lowest BCUT2D eigenvalue weighted by molar-refractivity contribution is -0.144. The average Bonchev–Trinajstić information content (AvgIpc) is 2.83. The summed E-state index contributed by atoms with van der Waals surface area (Å²) in [5, 5.41) is -0.393. The molecule has 1 aromatic carbocycles. The van der Waals surface area contributed by atoms with Crippen molar-refractivity contribution in [3.63, 3.8) is 0 Å². The highest BCUT2D eigenvalue weighted by atomic mass is 32.2. The van der Waals surface area contributed by atoms with E-state index in [4.69, 9.17) is 10.5 Å². The maximum absolute atomic E-state index is 12.4. The number of carbonyl (C=O) groups excluding carboxylic acids is 1. The van der Waals surface area contributed by atoms with E-state index in [1.807, 2.05) is 43.3 Å². The van der Waals surface area contributed by atoms with Gasteiger partial charge >= 0.3 is 5.97 Å². The topological polar surface area (TPSA) is 52.3 Å². The van der Waals surface area contributed by atoms with Crippen molar-refractivity contribution in [3.8, 4) is 0 Å². The minimum Gasteiger partial charge on any atom is -0.465 e. The predicted octanol–water partition coefficient (Wildman–Crippen LogP) is 2.98. The molecule has 0 unspecified atom stereocenters. The first-order valence-corrected chi connectivity index (χ1v) is 8.10. The third-order valence-electron chi connectivity index (χ3n) is 4.15. The summed E-state index contributed by atoms with van der Waals surface area (Å²) in [7, 11) is 0. The maximum Gasteiger partial charge on any atom is 0.321 e. The van der Waals surface area contributed by atoms with Crippen LogP contribution in [-0.2, 0) is 15.1 Å². The highest BCUT2D eigenvalue weighted by molar-refractivity contribution is 8.04. The van der Waals surface area contributed by atoms with Crippen LogP contribution in [0.4, 0.5) is 0 Å². The van der Waals surface area contributed by atoms with Crippen LogP contribution in [0, 0.1) is 5.92 Å². The van der Waals surface area contributed by atoms with Gasteiger partial charge in [-0.25, -0.2) is 0 Å². The minimum atomic E-state index is -0.714. The van der Waals surface area contributed by atoms with Crippen molar-refractivity contribution in [2.24, 2.45) is 11.7 Å². The molecule has 21 heavy (non-hydrogen) atoms. The smallest absolute Gasteiger partial charge is 0.321 e. The Hall–Kier alpha value is -1.52. The van der Waals surface area contributed by atoms with Gasteiger partial charge < -0.3 is 10.5 Å². The number of thioether (sulfide) groups is 1. The first-order chi connectivity index (χ1) is 10.2. The predicted molar refractivity (Wildman–Crippen MR) is 85.6 cm³/mol. The first-order valence-electron chi connectivity index (χ1n) is 7.22. The molecule has 110 valence electrons. The number of carbonyl (C=O) groups is 1. The number of esters is 1. The Labute approximate surface area is 129 Å². The van der Waals surface area contributed by atoms with Crippen molar-refractivity contribution in [3.05, 3.63) is 59.0 Å². The quantitative estimate of drug-likeness (QED) is 0.872. The van der Waals surface area contributed by atoms with Crippen molar-refractivity contribution in [2.45, 2.75) is 24.1 Å². The Morgan fingerprint density at radius 1 is 1.43 bits per heavy atom. The van der Waals surface area contributed by atoms with E-state index in [1.165, 1.54) is 4.91 Å². The molecular weight excluding hydrogens is 282 g/mol. The lowest BCUT2D eigenvalue weighted by atomic mass is 9.73. The normalized spacial score (nSPS) is 30.7. The third kappa shape index (κ3) is 2.32. The van der Waals surface area contributed by atoms with Gasteiger partial charge in [-0.1, -0.05) is 48.6 Å². The molecule has 1 heterocycles. The second-order valence-corrected chi connectivity index (χ2v) is 6.51. The zero-order chi connectivity index (χ0) is 14.9. The Kier molecular flexibility index (Phi) is 3.91. The molecule has 2 N–H and O–H groups in total. The van der Waals surface area contributed by atoms with Gasteiger partial charge in [0.15, 0.2) is 0 Å². The van der Waals surface area contributed by atoms with Gasteiger partial charge in [-0.3, -0.25) is 4.79 Å². The zero-order valence-electron chi connectivity index (χ0n) is 12.0. The Morgan fingerprint density at radius 3 is 2.90 bits per heavy atom. The fraction of sp³-hybridized carbons (Fsp3) is 0.353. The van der Waals surface area contributed by atoms with Gasteiger partial charge in [-0.2, -0.15) is 0 Å². The van der Waals surface area contributed by atoms with Crippen LogP contribution in [0.15, 0.2) is 53.5 Å². The summed E-state index contributed by atoms with van der Waals surface area (Å²) in [5.41, 5.74) is 7.10. The molecule has 0 bridgehead atoms. The van der Waals surface area contributed by atoms with Gasteiger partial charge in [0.2, 0.25) is 0 Å². The Balaban J connectivity index is 2.05. The largest absolute Gasteiger partial charge is 0.465 e. The second-order valence-electron chi connectivity index (χ2n) is 5.33. The fourth-order valence-electron chi connectivity index (χ4n) is 3.12. The van der Waals surface area contributed by atoms with E-state index in [1.54, 1.807) is 11.8 Å². The SMILES string of the molecule is CCOC(=O)[C@H]1SC2=CC=CC[C@H]2[C@@]1(N)c1ccccc1. The molecule has 0 spiro atoms. The van der Waals surface area contributed by atoms with Crippen molar-refractivity contribution < 1.29 is 9.53 Å². The van der Waals surface area contributed by atoms with Crippen LogP contribution in [0.1, 0.15) is 18.9 Å². The molecule has 0 amide bonds. The first kappa shape index (κ1) is 14.4. The Bertz CT molecular complexity index is 596. The summed E-state index contributed by atoms with van der Waals surface area (Å²) in [5.74, 6) is -0.0755. The number of hydrogen-bond donors (Lipinski definition) is 1. The van der Waals surface area contributed by atoms with E-state index < -0.39 is 10.8 Å². The van der Waals surface area contributed by atoms with Crippen molar-refractivity contribution in [1.82, 2.24) is 0 Å². The van der Waals surface area contributed by atoms with Crippen LogP contribution in [0.3, 0.4) is 0 Å². The number of hydrogen-bond acceptors (Lipinski definition) is 4. The maximum atomic E-state index is 12.4. The molecule has 0 aromatic heterocycles. The second kappa shape index (κ2) is 5.70. The molecule has 1 fully saturated rings. The van der Waals surface area contributed by atoms with Gasteiger partial charge in [0.25, 0.3) is 0 Å². The molecule has 0 radical (unpaired) electrons. The minimum absolute atomic E-state index is 0.143. The number of fused-ring (bicyclic) bond motifs is 1. The zero-order valence-corrected chi connectivity index (χ0v) is 12.8. The Morgan fingerprint density at radius 2 is 2.19 bits per heavy atom. The lowest BCUT2D eigenvalue weighted by Crippen LogP contribution is -2.52. The molecule has 2 aliphatic rings. The molecule has 3 nitrogen and oxygen atoms in total. The summed E-state index contributed by atoms with van der Waals surface area (Å²) in [6.45, 7) is 2.20. The number of nitrogens with two attached hydrogens (primary N) is 1. The van der Waals surface area contributed by atoms with Crippen molar-refractivity contribution in [2.75, 3.05) is 6.61 Å². The molecule has 1 aliphatic heterocycles. The van der Waals surface area contributed by atoms with E-state index in [9.17, 15) is 4.79 Å². The third-order valence-corrected chi connectivity index (χ3v) is 5.66. The molecule has 1 saturated heterocycles. The summed E-state index contributed by atoms with van der Waals surface area (Å²) in [6, 6.07) is 9.92. The highest BCUT2D eigenvalue weighted by Gasteiger charge is 2.55. The summed E-state index contributed by atoms with van der Waals surface area (Å²) in [4.78, 5) is 13.6. The van der Waals surface area contributed by atoms with E-state index in [0.717, 1.165) is 12.0 Å².